The normalized spacial score (nSPS) is 10.2. The maximum Gasteiger partial charge on any atom is 0.318 e. The maximum absolute atomic E-state index is 11.4. The van der Waals surface area contributed by atoms with Gasteiger partial charge in [-0.05, 0) is 29.8 Å². The van der Waals surface area contributed by atoms with Gasteiger partial charge in [0.25, 0.3) is 0 Å². The van der Waals surface area contributed by atoms with Crippen molar-refractivity contribution in [3.63, 3.8) is 0 Å². The number of anilines is 1. The zero-order valence-electron chi connectivity index (χ0n) is 12.0. The van der Waals surface area contributed by atoms with E-state index < -0.39 is 0 Å². The summed E-state index contributed by atoms with van der Waals surface area (Å²) in [5.74, 6) is 0. The van der Waals surface area contributed by atoms with Crippen molar-refractivity contribution in [3.05, 3.63) is 55.0 Å². The van der Waals surface area contributed by atoms with E-state index in [4.69, 9.17) is 0 Å². The minimum absolute atomic E-state index is 0.256. The average molecular weight is 293 g/mol. The molecule has 3 N–H and O–H groups in total. The molecule has 2 heterocycles. The predicted molar refractivity (Wildman–Crippen MR) is 85.3 cm³/mol. The summed E-state index contributed by atoms with van der Waals surface area (Å²) >= 11 is 0. The van der Waals surface area contributed by atoms with E-state index in [1.807, 2.05) is 42.6 Å². The van der Waals surface area contributed by atoms with Gasteiger partial charge in [0.05, 0.1) is 5.69 Å². The fourth-order valence-corrected chi connectivity index (χ4v) is 2.20. The molecule has 22 heavy (non-hydrogen) atoms. The van der Waals surface area contributed by atoms with Crippen molar-refractivity contribution in [2.24, 2.45) is 0 Å². The van der Waals surface area contributed by atoms with Crippen molar-refractivity contribution >= 4 is 11.7 Å². The van der Waals surface area contributed by atoms with Crippen LogP contribution in [0.5, 0.6) is 0 Å². The lowest BCUT2D eigenvalue weighted by Crippen LogP contribution is -2.24. The molecular weight excluding hydrogens is 278 g/mol. The number of H-pyrrole nitrogens is 1. The molecule has 0 saturated heterocycles. The molecule has 0 atom stereocenters. The molecule has 0 fully saturated rings. The zero-order valence-corrected chi connectivity index (χ0v) is 12.0. The Morgan fingerprint density at radius 2 is 1.95 bits per heavy atom. The number of benzene rings is 1. The number of aromatic nitrogens is 3. The van der Waals surface area contributed by atoms with E-state index in [-0.39, 0.29) is 6.03 Å². The van der Waals surface area contributed by atoms with Crippen LogP contribution >= 0.6 is 0 Å². The zero-order chi connectivity index (χ0) is 15.4. The van der Waals surface area contributed by atoms with Crippen LogP contribution in [0.3, 0.4) is 0 Å². The summed E-state index contributed by atoms with van der Waals surface area (Å²) in [6.45, 7) is 0. The standard InChI is InChI=1S/C16H15N5O/c1-17-16(22)20-13-4-2-3-12(9-13)15-14(10-19-21-15)11-5-7-18-8-6-11/h2-10H,1H3,(H,19,21)(H2,17,20,22). The van der Waals surface area contributed by atoms with Gasteiger partial charge in [0.2, 0.25) is 0 Å². The lowest BCUT2D eigenvalue weighted by Gasteiger charge is -2.07. The number of carbonyl (C=O) groups is 1. The number of amides is 2. The molecule has 3 rings (SSSR count). The van der Waals surface area contributed by atoms with E-state index in [9.17, 15) is 4.79 Å². The first-order valence-corrected chi connectivity index (χ1v) is 6.81. The Labute approximate surface area is 127 Å². The van der Waals surface area contributed by atoms with Crippen molar-refractivity contribution in [2.75, 3.05) is 12.4 Å². The van der Waals surface area contributed by atoms with Crippen LogP contribution in [-0.2, 0) is 0 Å². The largest absolute Gasteiger partial charge is 0.341 e. The van der Waals surface area contributed by atoms with Crippen molar-refractivity contribution < 1.29 is 4.79 Å². The number of nitrogens with one attached hydrogen (secondary N) is 3. The van der Waals surface area contributed by atoms with E-state index in [1.165, 1.54) is 0 Å². The van der Waals surface area contributed by atoms with Gasteiger partial charge in [-0.15, -0.1) is 0 Å². The molecular formula is C16H15N5O. The van der Waals surface area contributed by atoms with E-state index in [0.717, 1.165) is 22.4 Å². The fourth-order valence-electron chi connectivity index (χ4n) is 2.20. The van der Waals surface area contributed by atoms with Gasteiger partial charge in [0.1, 0.15) is 0 Å². The SMILES string of the molecule is CNC(=O)Nc1cccc(-c2n[nH]cc2-c2ccncc2)c1. The molecule has 3 aromatic rings. The number of hydrogen-bond donors (Lipinski definition) is 3. The van der Waals surface area contributed by atoms with Crippen LogP contribution in [-0.4, -0.2) is 28.3 Å². The van der Waals surface area contributed by atoms with Gasteiger partial charge in [0, 0.05) is 42.5 Å². The lowest BCUT2D eigenvalue weighted by molar-refractivity contribution is 0.254. The van der Waals surface area contributed by atoms with Crippen LogP contribution in [0.2, 0.25) is 0 Å². The number of aromatic amines is 1. The summed E-state index contributed by atoms with van der Waals surface area (Å²) in [5.41, 5.74) is 4.47. The quantitative estimate of drug-likeness (QED) is 0.694. The molecule has 0 spiro atoms. The third-order valence-corrected chi connectivity index (χ3v) is 3.25. The van der Waals surface area contributed by atoms with Gasteiger partial charge >= 0.3 is 6.03 Å². The fraction of sp³-hybridized carbons (Fsp3) is 0.0625. The molecule has 2 aromatic heterocycles. The number of pyridine rings is 1. The molecule has 1 aromatic carbocycles. The molecule has 0 radical (unpaired) electrons. The Morgan fingerprint density at radius 1 is 1.14 bits per heavy atom. The number of rotatable bonds is 3. The highest BCUT2D eigenvalue weighted by molar-refractivity contribution is 5.90. The summed E-state index contributed by atoms with van der Waals surface area (Å²) in [4.78, 5) is 15.4. The molecule has 0 aliphatic heterocycles. The molecule has 0 unspecified atom stereocenters. The molecule has 0 saturated carbocycles. The van der Waals surface area contributed by atoms with Crippen LogP contribution in [0.4, 0.5) is 10.5 Å². The Morgan fingerprint density at radius 3 is 2.73 bits per heavy atom. The van der Waals surface area contributed by atoms with Gasteiger partial charge in [-0.2, -0.15) is 5.10 Å². The summed E-state index contributed by atoms with van der Waals surface area (Å²) in [6.07, 6.45) is 5.34. The highest BCUT2D eigenvalue weighted by atomic mass is 16.2. The van der Waals surface area contributed by atoms with Gasteiger partial charge in [0.15, 0.2) is 0 Å². The van der Waals surface area contributed by atoms with Crippen LogP contribution in [0.25, 0.3) is 22.4 Å². The minimum atomic E-state index is -0.256. The molecule has 0 aliphatic carbocycles. The summed E-state index contributed by atoms with van der Waals surface area (Å²) in [7, 11) is 1.58. The van der Waals surface area contributed by atoms with Crippen LogP contribution in [0.15, 0.2) is 55.0 Å². The van der Waals surface area contributed by atoms with Crippen molar-refractivity contribution in [1.29, 1.82) is 0 Å². The topological polar surface area (TPSA) is 82.7 Å². The maximum atomic E-state index is 11.4. The third-order valence-electron chi connectivity index (χ3n) is 3.25. The number of urea groups is 1. The van der Waals surface area contributed by atoms with Crippen LogP contribution in [0, 0.1) is 0 Å². The highest BCUT2D eigenvalue weighted by Gasteiger charge is 2.11. The summed E-state index contributed by atoms with van der Waals surface area (Å²) in [6, 6.07) is 11.2. The second-order valence-electron chi connectivity index (χ2n) is 4.67. The average Bonchev–Trinajstić information content (AvgIpc) is 3.05. The molecule has 0 aliphatic rings. The van der Waals surface area contributed by atoms with E-state index >= 15 is 0 Å². The first-order chi connectivity index (χ1) is 10.8. The van der Waals surface area contributed by atoms with E-state index in [2.05, 4.69) is 25.8 Å². The Bertz CT molecular complexity index is 782. The van der Waals surface area contributed by atoms with Crippen molar-refractivity contribution in [2.45, 2.75) is 0 Å². The van der Waals surface area contributed by atoms with Gasteiger partial charge < -0.3 is 10.6 Å². The summed E-state index contributed by atoms with van der Waals surface area (Å²) < 4.78 is 0. The molecule has 2 amide bonds. The Balaban J connectivity index is 1.97. The number of carbonyl (C=O) groups excluding carboxylic acids is 1. The first-order valence-electron chi connectivity index (χ1n) is 6.81. The number of nitrogens with zero attached hydrogens (tertiary/aromatic N) is 2. The Hall–Kier alpha value is -3.15. The van der Waals surface area contributed by atoms with Crippen LogP contribution in [0.1, 0.15) is 0 Å². The van der Waals surface area contributed by atoms with E-state index in [1.54, 1.807) is 19.4 Å². The predicted octanol–water partition coefficient (Wildman–Crippen LogP) is 2.89. The Kier molecular flexibility index (Phi) is 3.82. The second-order valence-corrected chi connectivity index (χ2v) is 4.67. The smallest absolute Gasteiger partial charge is 0.318 e. The van der Waals surface area contributed by atoms with Crippen molar-refractivity contribution in [3.8, 4) is 22.4 Å². The lowest BCUT2D eigenvalue weighted by atomic mass is 10.0. The molecule has 0 bridgehead atoms. The van der Waals surface area contributed by atoms with Gasteiger partial charge in [-0.25, -0.2) is 4.79 Å². The number of hydrogen-bond acceptors (Lipinski definition) is 3. The molecule has 6 nitrogen and oxygen atoms in total. The molecule has 6 heteroatoms. The first kappa shape index (κ1) is 13.8. The minimum Gasteiger partial charge on any atom is -0.341 e. The van der Waals surface area contributed by atoms with E-state index in [0.29, 0.717) is 5.69 Å². The summed E-state index contributed by atoms with van der Waals surface area (Å²) in [5, 5.41) is 12.5. The van der Waals surface area contributed by atoms with Crippen LogP contribution < -0.4 is 10.6 Å². The second kappa shape index (κ2) is 6.09. The monoisotopic (exact) mass is 293 g/mol. The van der Waals surface area contributed by atoms with Gasteiger partial charge in [-0.1, -0.05) is 12.1 Å². The third kappa shape index (κ3) is 2.80. The highest BCUT2D eigenvalue weighted by Crippen LogP contribution is 2.30. The van der Waals surface area contributed by atoms with Gasteiger partial charge in [-0.3, -0.25) is 10.1 Å². The molecule has 110 valence electrons. The van der Waals surface area contributed by atoms with Crippen molar-refractivity contribution in [1.82, 2.24) is 20.5 Å².